The first kappa shape index (κ1) is 13.1. The van der Waals surface area contributed by atoms with Crippen LogP contribution < -0.4 is 5.73 Å². The van der Waals surface area contributed by atoms with E-state index in [9.17, 15) is 0 Å². The van der Waals surface area contributed by atoms with Gasteiger partial charge in [0.25, 0.3) is 0 Å². The van der Waals surface area contributed by atoms with Gasteiger partial charge in [-0.2, -0.15) is 4.98 Å². The smallest absolute Gasteiger partial charge is 0.246 e. The van der Waals surface area contributed by atoms with Gasteiger partial charge in [0, 0.05) is 19.6 Å². The standard InChI is InChI=1S/C14H23N3O2/c1-10-3-2-5-14(15,8-10)13-16-12(17-19-13)7-11-4-6-18-9-11/h10-11H,2-9,15H2,1H3. The fourth-order valence-electron chi connectivity index (χ4n) is 3.33. The van der Waals surface area contributed by atoms with E-state index in [0.29, 0.717) is 17.7 Å². The SMILES string of the molecule is CC1CCCC(N)(c2nc(CC3CCOC3)no2)C1. The number of ether oxygens (including phenoxy) is 1. The molecule has 0 bridgehead atoms. The summed E-state index contributed by atoms with van der Waals surface area (Å²) in [6.45, 7) is 3.91. The molecule has 0 spiro atoms. The summed E-state index contributed by atoms with van der Waals surface area (Å²) in [6, 6.07) is 0. The Kier molecular flexibility index (Phi) is 3.58. The first-order valence-corrected chi connectivity index (χ1v) is 7.35. The van der Waals surface area contributed by atoms with Gasteiger partial charge in [0.15, 0.2) is 5.82 Å². The number of nitrogens with zero attached hydrogens (tertiary/aromatic N) is 2. The predicted octanol–water partition coefficient (Wildman–Crippen LogP) is 2.01. The Bertz CT molecular complexity index is 428. The van der Waals surface area contributed by atoms with E-state index < -0.39 is 5.54 Å². The average molecular weight is 265 g/mol. The van der Waals surface area contributed by atoms with Crippen LogP contribution >= 0.6 is 0 Å². The lowest BCUT2D eigenvalue weighted by Gasteiger charge is -2.33. The molecule has 1 aromatic rings. The molecule has 0 radical (unpaired) electrons. The number of aromatic nitrogens is 2. The normalized spacial score (nSPS) is 35.7. The molecule has 2 N–H and O–H groups in total. The lowest BCUT2D eigenvalue weighted by atomic mass is 9.77. The Hall–Kier alpha value is -0.940. The van der Waals surface area contributed by atoms with Gasteiger partial charge in [0.2, 0.25) is 5.89 Å². The molecule has 3 atom stereocenters. The number of nitrogens with two attached hydrogens (primary N) is 1. The lowest BCUT2D eigenvalue weighted by Crippen LogP contribution is -2.41. The molecule has 1 saturated heterocycles. The summed E-state index contributed by atoms with van der Waals surface area (Å²) < 4.78 is 10.8. The Balaban J connectivity index is 1.69. The molecule has 0 amide bonds. The molecule has 1 aromatic heterocycles. The number of rotatable bonds is 3. The minimum atomic E-state index is -0.408. The molecule has 19 heavy (non-hydrogen) atoms. The molecule has 1 saturated carbocycles. The zero-order valence-corrected chi connectivity index (χ0v) is 11.6. The molecule has 5 heteroatoms. The second-order valence-corrected chi connectivity index (χ2v) is 6.31. The maximum absolute atomic E-state index is 6.47. The van der Waals surface area contributed by atoms with Crippen molar-refractivity contribution in [3.05, 3.63) is 11.7 Å². The number of hydrogen-bond acceptors (Lipinski definition) is 5. The van der Waals surface area contributed by atoms with E-state index in [2.05, 4.69) is 17.1 Å². The first-order valence-electron chi connectivity index (χ1n) is 7.35. The topological polar surface area (TPSA) is 74.2 Å². The zero-order valence-electron chi connectivity index (χ0n) is 11.6. The van der Waals surface area contributed by atoms with E-state index in [-0.39, 0.29) is 0 Å². The van der Waals surface area contributed by atoms with Crippen LogP contribution in [0.3, 0.4) is 0 Å². The largest absolute Gasteiger partial charge is 0.381 e. The van der Waals surface area contributed by atoms with Crippen LogP contribution in [0.15, 0.2) is 4.52 Å². The van der Waals surface area contributed by atoms with E-state index >= 15 is 0 Å². The molecular formula is C14H23N3O2. The summed E-state index contributed by atoms with van der Waals surface area (Å²) in [5.74, 6) is 2.59. The van der Waals surface area contributed by atoms with Gasteiger partial charge in [0.1, 0.15) is 0 Å². The minimum absolute atomic E-state index is 0.408. The average Bonchev–Trinajstić information content (AvgIpc) is 3.01. The van der Waals surface area contributed by atoms with Crippen molar-refractivity contribution in [1.82, 2.24) is 10.1 Å². The van der Waals surface area contributed by atoms with Gasteiger partial charge in [-0.3, -0.25) is 0 Å². The summed E-state index contributed by atoms with van der Waals surface area (Å²) in [5, 5.41) is 4.10. The summed E-state index contributed by atoms with van der Waals surface area (Å²) in [4.78, 5) is 4.55. The highest BCUT2D eigenvalue weighted by Gasteiger charge is 2.38. The second-order valence-electron chi connectivity index (χ2n) is 6.31. The van der Waals surface area contributed by atoms with E-state index in [4.69, 9.17) is 15.0 Å². The van der Waals surface area contributed by atoms with Crippen molar-refractivity contribution < 1.29 is 9.26 Å². The van der Waals surface area contributed by atoms with Crippen molar-refractivity contribution in [1.29, 1.82) is 0 Å². The Morgan fingerprint density at radius 3 is 3.05 bits per heavy atom. The van der Waals surface area contributed by atoms with E-state index in [1.807, 2.05) is 0 Å². The highest BCUT2D eigenvalue weighted by molar-refractivity contribution is 5.05. The van der Waals surface area contributed by atoms with Gasteiger partial charge < -0.3 is 15.0 Å². The van der Waals surface area contributed by atoms with Gasteiger partial charge in [-0.15, -0.1) is 0 Å². The monoisotopic (exact) mass is 265 g/mol. The summed E-state index contributed by atoms with van der Waals surface area (Å²) in [5.41, 5.74) is 6.06. The second kappa shape index (κ2) is 5.21. The van der Waals surface area contributed by atoms with E-state index in [1.165, 1.54) is 6.42 Å². The van der Waals surface area contributed by atoms with Crippen LogP contribution in [-0.2, 0) is 16.7 Å². The van der Waals surface area contributed by atoms with Crippen molar-refractivity contribution in [2.75, 3.05) is 13.2 Å². The maximum atomic E-state index is 6.47. The molecular weight excluding hydrogens is 242 g/mol. The first-order chi connectivity index (χ1) is 9.16. The third-order valence-corrected chi connectivity index (χ3v) is 4.42. The van der Waals surface area contributed by atoms with Crippen molar-refractivity contribution in [2.24, 2.45) is 17.6 Å². The maximum Gasteiger partial charge on any atom is 0.246 e. The highest BCUT2D eigenvalue weighted by Crippen LogP contribution is 2.37. The van der Waals surface area contributed by atoms with E-state index in [1.54, 1.807) is 0 Å². The Morgan fingerprint density at radius 2 is 2.32 bits per heavy atom. The van der Waals surface area contributed by atoms with Crippen molar-refractivity contribution >= 4 is 0 Å². The van der Waals surface area contributed by atoms with E-state index in [0.717, 1.165) is 51.1 Å². The third kappa shape index (κ3) is 2.82. The van der Waals surface area contributed by atoms with Gasteiger partial charge in [-0.05, 0) is 31.1 Å². The molecule has 1 aliphatic carbocycles. The molecule has 106 valence electrons. The van der Waals surface area contributed by atoms with Crippen molar-refractivity contribution in [3.63, 3.8) is 0 Å². The number of hydrogen-bond donors (Lipinski definition) is 1. The van der Waals surface area contributed by atoms with Crippen LogP contribution in [0, 0.1) is 11.8 Å². The van der Waals surface area contributed by atoms with Crippen LogP contribution in [0.4, 0.5) is 0 Å². The van der Waals surface area contributed by atoms with Crippen LogP contribution in [-0.4, -0.2) is 23.4 Å². The van der Waals surface area contributed by atoms with Crippen LogP contribution in [0.1, 0.15) is 50.7 Å². The summed E-state index contributed by atoms with van der Waals surface area (Å²) >= 11 is 0. The Morgan fingerprint density at radius 1 is 1.42 bits per heavy atom. The van der Waals surface area contributed by atoms with Crippen LogP contribution in [0.5, 0.6) is 0 Å². The molecule has 2 aliphatic rings. The molecule has 2 heterocycles. The highest BCUT2D eigenvalue weighted by atomic mass is 16.5. The van der Waals surface area contributed by atoms with Gasteiger partial charge in [-0.25, -0.2) is 0 Å². The molecule has 1 aliphatic heterocycles. The summed E-state index contributed by atoms with van der Waals surface area (Å²) in [6.07, 6.45) is 6.22. The third-order valence-electron chi connectivity index (χ3n) is 4.42. The molecule has 5 nitrogen and oxygen atoms in total. The van der Waals surface area contributed by atoms with Crippen molar-refractivity contribution in [3.8, 4) is 0 Å². The van der Waals surface area contributed by atoms with Gasteiger partial charge in [0.05, 0.1) is 5.54 Å². The zero-order chi connectivity index (χ0) is 13.3. The predicted molar refractivity (Wildman–Crippen MR) is 70.4 cm³/mol. The molecule has 0 aromatic carbocycles. The Labute approximate surface area is 113 Å². The summed E-state index contributed by atoms with van der Waals surface area (Å²) in [7, 11) is 0. The van der Waals surface area contributed by atoms with Crippen LogP contribution in [0.25, 0.3) is 0 Å². The van der Waals surface area contributed by atoms with Gasteiger partial charge >= 0.3 is 0 Å². The fraction of sp³-hybridized carbons (Fsp3) is 0.857. The quantitative estimate of drug-likeness (QED) is 0.905. The van der Waals surface area contributed by atoms with Crippen molar-refractivity contribution in [2.45, 2.75) is 51.0 Å². The molecule has 2 fully saturated rings. The van der Waals surface area contributed by atoms with Gasteiger partial charge in [-0.1, -0.05) is 24.9 Å². The lowest BCUT2D eigenvalue weighted by molar-refractivity contribution is 0.182. The fourth-order valence-corrected chi connectivity index (χ4v) is 3.33. The van der Waals surface area contributed by atoms with Crippen LogP contribution in [0.2, 0.25) is 0 Å². The minimum Gasteiger partial charge on any atom is -0.381 e. The molecule has 3 unspecified atom stereocenters. The molecule has 3 rings (SSSR count).